The van der Waals surface area contributed by atoms with Crippen molar-refractivity contribution in [3.63, 3.8) is 0 Å². The summed E-state index contributed by atoms with van der Waals surface area (Å²) in [6, 6.07) is 1.24. The lowest BCUT2D eigenvalue weighted by Gasteiger charge is -2.08. The van der Waals surface area contributed by atoms with Gasteiger partial charge in [0.15, 0.2) is 0 Å². The number of anilines is 1. The number of thiazole rings is 1. The zero-order valence-electron chi connectivity index (χ0n) is 10.3. The summed E-state index contributed by atoms with van der Waals surface area (Å²) in [6.07, 6.45) is -2.01. The van der Waals surface area contributed by atoms with Crippen LogP contribution in [0.15, 0.2) is 12.3 Å². The van der Waals surface area contributed by atoms with Gasteiger partial charge in [-0.3, -0.25) is 0 Å². The van der Waals surface area contributed by atoms with Gasteiger partial charge in [-0.05, 0) is 6.42 Å². The Labute approximate surface area is 122 Å². The maximum absolute atomic E-state index is 12.5. The molecule has 0 bridgehead atoms. The molecule has 0 aliphatic rings. The second kappa shape index (κ2) is 5.92. The average Bonchev–Trinajstić information content (AvgIpc) is 2.82. The predicted molar refractivity (Wildman–Crippen MR) is 70.9 cm³/mol. The molecular formula is C11H10ClF3N4S. The molecule has 20 heavy (non-hydrogen) atoms. The monoisotopic (exact) mass is 322 g/mol. The minimum absolute atomic E-state index is 0.0190. The second-order valence-corrected chi connectivity index (χ2v) is 5.41. The summed E-state index contributed by atoms with van der Waals surface area (Å²) >= 11 is 7.05. The topological polar surface area (TPSA) is 50.7 Å². The molecular weight excluding hydrogens is 313 g/mol. The Morgan fingerprint density at radius 2 is 2.10 bits per heavy atom. The molecule has 0 spiro atoms. The van der Waals surface area contributed by atoms with Crippen LogP contribution in [-0.2, 0) is 19.1 Å². The molecule has 2 aromatic heterocycles. The van der Waals surface area contributed by atoms with Crippen molar-refractivity contribution in [2.24, 2.45) is 0 Å². The molecule has 4 nitrogen and oxygen atoms in total. The van der Waals surface area contributed by atoms with E-state index < -0.39 is 12.0 Å². The van der Waals surface area contributed by atoms with Gasteiger partial charge >= 0.3 is 6.18 Å². The molecule has 0 saturated heterocycles. The molecule has 0 atom stereocenters. The first-order valence-corrected chi connectivity index (χ1v) is 6.87. The predicted octanol–water partition coefficient (Wildman–Crippen LogP) is 3.78. The largest absolute Gasteiger partial charge is 0.451 e. The molecule has 0 fully saturated rings. The van der Waals surface area contributed by atoms with Crippen molar-refractivity contribution in [1.82, 2.24) is 15.0 Å². The highest BCUT2D eigenvalue weighted by Crippen LogP contribution is 2.28. The molecule has 0 aliphatic carbocycles. The van der Waals surface area contributed by atoms with Gasteiger partial charge in [0.2, 0.25) is 5.82 Å². The molecule has 108 valence electrons. The van der Waals surface area contributed by atoms with Crippen LogP contribution in [0.25, 0.3) is 0 Å². The Morgan fingerprint density at radius 3 is 2.70 bits per heavy atom. The molecule has 1 N–H and O–H groups in total. The van der Waals surface area contributed by atoms with Gasteiger partial charge in [0, 0.05) is 17.1 Å². The van der Waals surface area contributed by atoms with E-state index in [1.807, 2.05) is 6.92 Å². The summed E-state index contributed by atoms with van der Waals surface area (Å²) in [5.74, 6) is -1.24. The van der Waals surface area contributed by atoms with Crippen molar-refractivity contribution in [3.8, 4) is 0 Å². The Morgan fingerprint density at radius 1 is 1.35 bits per heavy atom. The number of aryl methyl sites for hydroxylation is 1. The Bertz CT molecular complexity index is 600. The van der Waals surface area contributed by atoms with E-state index in [2.05, 4.69) is 20.3 Å². The fraction of sp³-hybridized carbons (Fsp3) is 0.364. The maximum Gasteiger partial charge on any atom is 0.451 e. The molecule has 0 aromatic carbocycles. The van der Waals surface area contributed by atoms with E-state index in [0.717, 1.165) is 16.3 Å². The van der Waals surface area contributed by atoms with Crippen molar-refractivity contribution < 1.29 is 13.2 Å². The number of hydrogen-bond acceptors (Lipinski definition) is 5. The van der Waals surface area contributed by atoms with E-state index in [1.54, 1.807) is 6.20 Å². The number of alkyl halides is 3. The second-order valence-electron chi connectivity index (χ2n) is 3.82. The third kappa shape index (κ3) is 3.80. The zero-order chi connectivity index (χ0) is 14.8. The van der Waals surface area contributed by atoms with Crippen LogP contribution in [-0.4, -0.2) is 15.0 Å². The van der Waals surface area contributed by atoms with Crippen molar-refractivity contribution in [3.05, 3.63) is 33.1 Å². The zero-order valence-corrected chi connectivity index (χ0v) is 11.9. The normalized spacial score (nSPS) is 11.7. The molecule has 0 saturated carbocycles. The molecule has 0 unspecified atom stereocenters. The lowest BCUT2D eigenvalue weighted by molar-refractivity contribution is -0.144. The van der Waals surface area contributed by atoms with Crippen LogP contribution in [0.2, 0.25) is 5.15 Å². The van der Waals surface area contributed by atoms with Crippen molar-refractivity contribution in [2.45, 2.75) is 26.1 Å². The Kier molecular flexibility index (Phi) is 4.44. The first-order valence-electron chi connectivity index (χ1n) is 5.67. The lowest BCUT2D eigenvalue weighted by Crippen LogP contribution is -2.13. The van der Waals surface area contributed by atoms with E-state index in [9.17, 15) is 13.2 Å². The Balaban J connectivity index is 2.11. The number of nitrogens with zero attached hydrogens (tertiary/aromatic N) is 3. The first-order chi connectivity index (χ1) is 9.38. The van der Waals surface area contributed by atoms with Crippen LogP contribution < -0.4 is 5.32 Å². The number of halogens is 4. The van der Waals surface area contributed by atoms with Gasteiger partial charge < -0.3 is 5.32 Å². The van der Waals surface area contributed by atoms with Crippen LogP contribution in [0.3, 0.4) is 0 Å². The highest BCUT2D eigenvalue weighted by Gasteiger charge is 2.35. The number of rotatable bonds is 4. The van der Waals surface area contributed by atoms with Crippen LogP contribution in [0.5, 0.6) is 0 Å². The summed E-state index contributed by atoms with van der Waals surface area (Å²) in [5.41, 5.74) is 0. The third-order valence-corrected chi connectivity index (χ3v) is 3.65. The fourth-order valence-electron chi connectivity index (χ4n) is 1.39. The Hall–Kier alpha value is -1.41. The maximum atomic E-state index is 12.5. The molecule has 2 aromatic rings. The standard InChI is InChI=1S/C11H10ClF3N4S/c1-2-6-4-17-9(20-6)5-16-8-3-7(12)18-10(19-8)11(13,14)15/h3-4H,2,5H2,1H3,(H,16,18,19). The van der Waals surface area contributed by atoms with Gasteiger partial charge in [0.05, 0.1) is 6.54 Å². The van der Waals surface area contributed by atoms with Gasteiger partial charge in [0.1, 0.15) is 16.0 Å². The van der Waals surface area contributed by atoms with E-state index >= 15 is 0 Å². The number of aromatic nitrogens is 3. The van der Waals surface area contributed by atoms with E-state index in [-0.39, 0.29) is 17.5 Å². The van der Waals surface area contributed by atoms with E-state index in [4.69, 9.17) is 11.6 Å². The minimum Gasteiger partial charge on any atom is -0.363 e. The highest BCUT2D eigenvalue weighted by atomic mass is 35.5. The summed E-state index contributed by atoms with van der Waals surface area (Å²) in [7, 11) is 0. The van der Waals surface area contributed by atoms with Gasteiger partial charge in [-0.1, -0.05) is 18.5 Å². The summed E-state index contributed by atoms with van der Waals surface area (Å²) in [4.78, 5) is 11.8. The summed E-state index contributed by atoms with van der Waals surface area (Å²) in [6.45, 7) is 2.29. The molecule has 9 heteroatoms. The van der Waals surface area contributed by atoms with Crippen molar-refractivity contribution >= 4 is 28.8 Å². The first kappa shape index (κ1) is 15.0. The average molecular weight is 323 g/mol. The lowest BCUT2D eigenvalue weighted by atomic mass is 10.4. The van der Waals surface area contributed by atoms with Crippen LogP contribution in [0.1, 0.15) is 22.6 Å². The van der Waals surface area contributed by atoms with Crippen LogP contribution in [0.4, 0.5) is 19.0 Å². The van der Waals surface area contributed by atoms with E-state index in [1.165, 1.54) is 17.4 Å². The van der Waals surface area contributed by atoms with Crippen LogP contribution in [0, 0.1) is 0 Å². The molecule has 0 amide bonds. The number of hydrogen-bond donors (Lipinski definition) is 1. The molecule has 2 rings (SSSR count). The highest BCUT2D eigenvalue weighted by molar-refractivity contribution is 7.11. The van der Waals surface area contributed by atoms with Gasteiger partial charge in [-0.2, -0.15) is 13.2 Å². The molecule has 2 heterocycles. The smallest absolute Gasteiger partial charge is 0.363 e. The van der Waals surface area contributed by atoms with E-state index in [0.29, 0.717) is 0 Å². The summed E-state index contributed by atoms with van der Waals surface area (Å²) < 4.78 is 37.6. The van der Waals surface area contributed by atoms with Gasteiger partial charge in [0.25, 0.3) is 0 Å². The van der Waals surface area contributed by atoms with Crippen molar-refractivity contribution in [2.75, 3.05) is 5.32 Å². The minimum atomic E-state index is -4.63. The van der Waals surface area contributed by atoms with Gasteiger partial charge in [-0.15, -0.1) is 11.3 Å². The fourth-order valence-corrected chi connectivity index (χ4v) is 2.38. The van der Waals surface area contributed by atoms with Gasteiger partial charge in [-0.25, -0.2) is 15.0 Å². The van der Waals surface area contributed by atoms with Crippen LogP contribution >= 0.6 is 22.9 Å². The third-order valence-electron chi connectivity index (χ3n) is 2.32. The van der Waals surface area contributed by atoms with Crippen molar-refractivity contribution in [1.29, 1.82) is 0 Å². The summed E-state index contributed by atoms with van der Waals surface area (Å²) in [5, 5.41) is 3.27. The SMILES string of the molecule is CCc1cnc(CNc2cc(Cl)nc(C(F)(F)F)n2)s1. The number of nitrogens with one attached hydrogen (secondary N) is 1. The molecule has 0 radical (unpaired) electrons. The quantitative estimate of drug-likeness (QED) is 0.870. The molecule has 0 aliphatic heterocycles.